The van der Waals surface area contributed by atoms with Gasteiger partial charge in [-0.2, -0.15) is 8.78 Å². The second kappa shape index (κ2) is 5.40. The Bertz CT molecular complexity index is 416. The van der Waals surface area contributed by atoms with E-state index in [1.165, 1.54) is 6.07 Å². The molecule has 6 heteroatoms. The Morgan fingerprint density at radius 1 is 1.47 bits per heavy atom. The number of hydrogen-bond donors (Lipinski definition) is 0. The van der Waals surface area contributed by atoms with E-state index in [4.69, 9.17) is 4.74 Å². The number of hydrogen-bond acceptors (Lipinski definition) is 2. The van der Waals surface area contributed by atoms with Crippen molar-refractivity contribution >= 4 is 17.4 Å². The molecule has 94 valence electrons. The first-order chi connectivity index (χ1) is 7.86. The highest BCUT2D eigenvalue weighted by molar-refractivity contribution is 6.35. The normalized spacial score (nSPS) is 11.4. The Morgan fingerprint density at radius 2 is 2.12 bits per heavy atom. The number of ether oxygens (including phenoxy) is 1. The first kappa shape index (κ1) is 13.8. The molecule has 0 bridgehead atoms. The molecule has 0 amide bonds. The zero-order chi connectivity index (χ0) is 13.1. The largest absolute Gasteiger partial charge is 0.494 e. The maximum Gasteiger partial charge on any atom is 0.385 e. The topological polar surface area (TPSA) is 26.3 Å². The molecule has 0 atom stereocenters. The summed E-state index contributed by atoms with van der Waals surface area (Å²) < 4.78 is 43.5. The van der Waals surface area contributed by atoms with E-state index in [9.17, 15) is 18.0 Å². The van der Waals surface area contributed by atoms with Crippen LogP contribution in [-0.4, -0.2) is 17.8 Å². The minimum atomic E-state index is -4.12. The molecule has 0 aromatic heterocycles. The SMILES string of the molecule is CCCOc1ccc(F)c(C(=O)C(F)(F)Cl)c1. The van der Waals surface area contributed by atoms with Crippen LogP contribution in [-0.2, 0) is 0 Å². The van der Waals surface area contributed by atoms with E-state index in [0.29, 0.717) is 13.0 Å². The zero-order valence-electron chi connectivity index (χ0n) is 8.97. The molecule has 1 rings (SSSR count). The van der Waals surface area contributed by atoms with Gasteiger partial charge >= 0.3 is 5.38 Å². The van der Waals surface area contributed by atoms with Crippen LogP contribution in [0.2, 0.25) is 0 Å². The average Bonchev–Trinajstić information content (AvgIpc) is 2.26. The Hall–Kier alpha value is -1.23. The highest BCUT2D eigenvalue weighted by Crippen LogP contribution is 2.27. The van der Waals surface area contributed by atoms with Gasteiger partial charge in [-0.3, -0.25) is 4.79 Å². The fourth-order valence-corrected chi connectivity index (χ4v) is 1.24. The Labute approximate surface area is 101 Å². The third-order valence-corrected chi connectivity index (χ3v) is 2.08. The van der Waals surface area contributed by atoms with Gasteiger partial charge in [-0.15, -0.1) is 0 Å². The lowest BCUT2D eigenvalue weighted by Gasteiger charge is -2.10. The van der Waals surface area contributed by atoms with Gasteiger partial charge in [-0.05, 0) is 36.2 Å². The molecule has 0 saturated carbocycles. The van der Waals surface area contributed by atoms with Crippen molar-refractivity contribution in [3.05, 3.63) is 29.6 Å². The van der Waals surface area contributed by atoms with Gasteiger partial charge in [-0.25, -0.2) is 4.39 Å². The van der Waals surface area contributed by atoms with E-state index >= 15 is 0 Å². The highest BCUT2D eigenvalue weighted by Gasteiger charge is 2.38. The van der Waals surface area contributed by atoms with E-state index < -0.39 is 22.5 Å². The Morgan fingerprint density at radius 3 is 2.65 bits per heavy atom. The van der Waals surface area contributed by atoms with Crippen LogP contribution < -0.4 is 4.74 Å². The number of benzene rings is 1. The number of carbonyl (C=O) groups is 1. The average molecular weight is 267 g/mol. The second-order valence-electron chi connectivity index (χ2n) is 3.32. The quantitative estimate of drug-likeness (QED) is 0.601. The van der Waals surface area contributed by atoms with Crippen molar-refractivity contribution in [2.75, 3.05) is 6.61 Å². The first-order valence-corrected chi connectivity index (χ1v) is 5.28. The van der Waals surface area contributed by atoms with Gasteiger partial charge in [0.05, 0.1) is 12.2 Å². The van der Waals surface area contributed by atoms with Crippen LogP contribution in [0.25, 0.3) is 0 Å². The molecule has 1 aromatic rings. The summed E-state index contributed by atoms with van der Waals surface area (Å²) in [6, 6.07) is 3.07. The molecular formula is C11H10ClF3O2. The first-order valence-electron chi connectivity index (χ1n) is 4.90. The third-order valence-electron chi connectivity index (χ3n) is 1.91. The Kier molecular flexibility index (Phi) is 4.40. The van der Waals surface area contributed by atoms with E-state index in [2.05, 4.69) is 11.6 Å². The molecule has 17 heavy (non-hydrogen) atoms. The predicted molar refractivity (Wildman–Crippen MR) is 57.3 cm³/mol. The molecule has 0 fully saturated rings. The summed E-state index contributed by atoms with van der Waals surface area (Å²) in [7, 11) is 0. The molecule has 0 aliphatic rings. The van der Waals surface area contributed by atoms with Gasteiger partial charge in [0, 0.05) is 0 Å². The van der Waals surface area contributed by atoms with Crippen molar-refractivity contribution in [3.8, 4) is 5.75 Å². The lowest BCUT2D eigenvalue weighted by atomic mass is 10.1. The van der Waals surface area contributed by atoms with Crippen molar-refractivity contribution in [2.45, 2.75) is 18.7 Å². The smallest absolute Gasteiger partial charge is 0.385 e. The van der Waals surface area contributed by atoms with Gasteiger partial charge in [0.1, 0.15) is 11.6 Å². The van der Waals surface area contributed by atoms with E-state index in [1.807, 2.05) is 6.92 Å². The Balaban J connectivity index is 3.02. The minimum absolute atomic E-state index is 0.150. The number of ketones is 1. The lowest BCUT2D eigenvalue weighted by Crippen LogP contribution is -2.22. The molecule has 0 aliphatic carbocycles. The van der Waals surface area contributed by atoms with Gasteiger partial charge < -0.3 is 4.74 Å². The molecule has 0 N–H and O–H groups in total. The lowest BCUT2D eigenvalue weighted by molar-refractivity contribution is 0.0531. The van der Waals surface area contributed by atoms with Crippen molar-refractivity contribution in [3.63, 3.8) is 0 Å². The molecule has 0 radical (unpaired) electrons. The summed E-state index contributed by atoms with van der Waals surface area (Å²) in [4.78, 5) is 11.1. The van der Waals surface area contributed by atoms with E-state index in [0.717, 1.165) is 12.1 Å². The highest BCUT2D eigenvalue weighted by atomic mass is 35.5. The monoisotopic (exact) mass is 266 g/mol. The second-order valence-corrected chi connectivity index (χ2v) is 3.79. The van der Waals surface area contributed by atoms with Gasteiger partial charge in [0.15, 0.2) is 0 Å². The molecule has 0 spiro atoms. The van der Waals surface area contributed by atoms with Crippen LogP contribution >= 0.6 is 11.6 Å². The molecule has 1 aromatic carbocycles. The van der Waals surface area contributed by atoms with Crippen LogP contribution in [0.5, 0.6) is 5.75 Å². The van der Waals surface area contributed by atoms with Gasteiger partial charge in [0.2, 0.25) is 0 Å². The fourth-order valence-electron chi connectivity index (χ4n) is 1.14. The maximum absolute atomic E-state index is 13.2. The van der Waals surface area contributed by atoms with Crippen LogP contribution in [0.15, 0.2) is 18.2 Å². The molecule has 0 aliphatic heterocycles. The van der Waals surface area contributed by atoms with Crippen LogP contribution in [0.4, 0.5) is 13.2 Å². The van der Waals surface area contributed by atoms with E-state index in [1.54, 1.807) is 0 Å². The van der Waals surface area contributed by atoms with Crippen LogP contribution in [0, 0.1) is 5.82 Å². The van der Waals surface area contributed by atoms with Gasteiger partial charge in [0.25, 0.3) is 5.78 Å². The summed E-state index contributed by atoms with van der Waals surface area (Å²) in [5.41, 5.74) is -0.779. The maximum atomic E-state index is 13.2. The van der Waals surface area contributed by atoms with Crippen molar-refractivity contribution in [1.82, 2.24) is 0 Å². The zero-order valence-corrected chi connectivity index (χ0v) is 9.73. The van der Waals surface area contributed by atoms with Crippen molar-refractivity contribution in [1.29, 1.82) is 0 Å². The fraction of sp³-hybridized carbons (Fsp3) is 0.364. The summed E-state index contributed by atoms with van der Waals surface area (Å²) in [5, 5.41) is -4.12. The number of halogens is 4. The standard InChI is InChI=1S/C11H10ClF3O2/c1-2-5-17-7-3-4-9(13)8(6-7)10(16)11(12,14)15/h3-4,6H,2,5H2,1H3. The third kappa shape index (κ3) is 3.63. The number of carbonyl (C=O) groups excluding carboxylic acids is 1. The summed E-state index contributed by atoms with van der Waals surface area (Å²) in [6.07, 6.45) is 0.701. The van der Waals surface area contributed by atoms with Crippen LogP contribution in [0.3, 0.4) is 0 Å². The molecule has 2 nitrogen and oxygen atoms in total. The number of alkyl halides is 3. The summed E-state index contributed by atoms with van der Waals surface area (Å²) in [5.74, 6) is -2.68. The number of rotatable bonds is 5. The summed E-state index contributed by atoms with van der Waals surface area (Å²) in [6.45, 7) is 2.19. The van der Waals surface area contributed by atoms with Crippen molar-refractivity contribution < 1.29 is 22.7 Å². The minimum Gasteiger partial charge on any atom is -0.494 e. The molecule has 0 saturated heterocycles. The molecular weight excluding hydrogens is 257 g/mol. The molecule has 0 unspecified atom stereocenters. The van der Waals surface area contributed by atoms with Crippen LogP contribution in [0.1, 0.15) is 23.7 Å². The van der Waals surface area contributed by atoms with Crippen molar-refractivity contribution in [2.24, 2.45) is 0 Å². The predicted octanol–water partition coefficient (Wildman–Crippen LogP) is 3.63. The molecule has 0 heterocycles. The van der Waals surface area contributed by atoms with E-state index in [-0.39, 0.29) is 5.75 Å². The summed E-state index contributed by atoms with van der Waals surface area (Å²) >= 11 is 4.56. The van der Waals surface area contributed by atoms with Gasteiger partial charge in [-0.1, -0.05) is 6.92 Å². The number of Topliss-reactive ketones (excluding diaryl/α,β-unsaturated/α-hetero) is 1.